The number of rotatable bonds is 5. The third kappa shape index (κ3) is 4.20. The van der Waals surface area contributed by atoms with Gasteiger partial charge >= 0.3 is 0 Å². The molecule has 2 fully saturated rings. The first-order valence-corrected chi connectivity index (χ1v) is 10.2. The van der Waals surface area contributed by atoms with Gasteiger partial charge in [-0.3, -0.25) is 4.79 Å². The Morgan fingerprint density at radius 1 is 1.28 bits per heavy atom. The van der Waals surface area contributed by atoms with Crippen LogP contribution in [0, 0.1) is 0 Å². The third-order valence-electron chi connectivity index (χ3n) is 4.74. The standard InChI is InChI=1S/C17H25N3O4S/c1-2-19-8-10-20(11-9-19)25(22,23)15-6-3-5-14(13-15)18-17(21)16-7-4-12-24-16/h3,5-6,13,16H,2,4,7-12H2,1H3,(H,18,21). The number of carbonyl (C=O) groups excluding carboxylic acids is 1. The lowest BCUT2D eigenvalue weighted by atomic mass is 10.2. The van der Waals surface area contributed by atoms with Crippen LogP contribution in [-0.2, 0) is 19.6 Å². The number of carbonyl (C=O) groups is 1. The number of hydrogen-bond acceptors (Lipinski definition) is 5. The van der Waals surface area contributed by atoms with Gasteiger partial charge in [0.15, 0.2) is 0 Å². The van der Waals surface area contributed by atoms with Crippen LogP contribution in [0.3, 0.4) is 0 Å². The van der Waals surface area contributed by atoms with Crippen LogP contribution in [-0.4, -0.2) is 69.0 Å². The van der Waals surface area contributed by atoms with E-state index in [4.69, 9.17) is 4.74 Å². The molecule has 1 N–H and O–H groups in total. The predicted octanol–water partition coefficient (Wildman–Crippen LogP) is 1.13. The van der Waals surface area contributed by atoms with E-state index in [-0.39, 0.29) is 10.8 Å². The fraction of sp³-hybridized carbons (Fsp3) is 0.588. The maximum atomic E-state index is 12.8. The summed E-state index contributed by atoms with van der Waals surface area (Å²) < 4.78 is 32.6. The van der Waals surface area contributed by atoms with Crippen LogP contribution in [0.1, 0.15) is 19.8 Å². The predicted molar refractivity (Wildman–Crippen MR) is 94.9 cm³/mol. The van der Waals surface area contributed by atoms with E-state index in [9.17, 15) is 13.2 Å². The van der Waals surface area contributed by atoms with Gasteiger partial charge in [-0.05, 0) is 37.6 Å². The number of hydrogen-bond donors (Lipinski definition) is 1. The lowest BCUT2D eigenvalue weighted by Gasteiger charge is -2.33. The topological polar surface area (TPSA) is 79.0 Å². The Kier molecular flexibility index (Phi) is 5.73. The summed E-state index contributed by atoms with van der Waals surface area (Å²) in [7, 11) is -3.55. The fourth-order valence-corrected chi connectivity index (χ4v) is 4.65. The molecular formula is C17H25N3O4S. The van der Waals surface area contributed by atoms with Crippen LogP contribution < -0.4 is 5.32 Å². The summed E-state index contributed by atoms with van der Waals surface area (Å²) in [4.78, 5) is 14.6. The Balaban J connectivity index is 1.70. The van der Waals surface area contributed by atoms with Gasteiger partial charge in [0, 0.05) is 38.5 Å². The molecular weight excluding hydrogens is 342 g/mol. The second-order valence-electron chi connectivity index (χ2n) is 6.36. The Hall–Kier alpha value is -1.48. The normalized spacial score (nSPS) is 22.8. The average molecular weight is 367 g/mol. The van der Waals surface area contributed by atoms with Gasteiger partial charge in [-0.15, -0.1) is 0 Å². The van der Waals surface area contributed by atoms with E-state index >= 15 is 0 Å². The average Bonchev–Trinajstić information content (AvgIpc) is 3.17. The smallest absolute Gasteiger partial charge is 0.253 e. The number of sulfonamides is 1. The van der Waals surface area contributed by atoms with Crippen LogP contribution in [0.4, 0.5) is 5.69 Å². The summed E-state index contributed by atoms with van der Waals surface area (Å²) in [6.07, 6.45) is 1.13. The zero-order valence-corrected chi connectivity index (χ0v) is 15.3. The van der Waals surface area contributed by atoms with Crippen molar-refractivity contribution in [2.75, 3.05) is 44.6 Å². The molecule has 25 heavy (non-hydrogen) atoms. The first-order chi connectivity index (χ1) is 12.0. The van der Waals surface area contributed by atoms with Crippen molar-refractivity contribution < 1.29 is 17.9 Å². The maximum Gasteiger partial charge on any atom is 0.253 e. The van der Waals surface area contributed by atoms with E-state index in [2.05, 4.69) is 17.1 Å². The van der Waals surface area contributed by atoms with Crippen molar-refractivity contribution in [1.29, 1.82) is 0 Å². The van der Waals surface area contributed by atoms with E-state index in [0.717, 1.165) is 26.1 Å². The number of benzene rings is 1. The molecule has 2 aliphatic rings. The first kappa shape index (κ1) is 18.3. The van der Waals surface area contributed by atoms with Crippen molar-refractivity contribution in [1.82, 2.24) is 9.21 Å². The molecule has 0 aliphatic carbocycles. The number of ether oxygens (including phenoxy) is 1. The molecule has 1 unspecified atom stereocenters. The molecule has 2 heterocycles. The second-order valence-corrected chi connectivity index (χ2v) is 8.30. The van der Waals surface area contributed by atoms with Crippen molar-refractivity contribution in [3.63, 3.8) is 0 Å². The van der Waals surface area contributed by atoms with Crippen LogP contribution in [0.5, 0.6) is 0 Å². The molecule has 1 aromatic rings. The second kappa shape index (κ2) is 7.82. The lowest BCUT2D eigenvalue weighted by Crippen LogP contribution is -2.48. The highest BCUT2D eigenvalue weighted by atomic mass is 32.2. The van der Waals surface area contributed by atoms with Crippen molar-refractivity contribution in [3.8, 4) is 0 Å². The summed E-state index contributed by atoms with van der Waals surface area (Å²) in [5.41, 5.74) is 0.480. The highest BCUT2D eigenvalue weighted by Crippen LogP contribution is 2.22. The Bertz CT molecular complexity index is 708. The van der Waals surface area contributed by atoms with Gasteiger partial charge in [-0.2, -0.15) is 4.31 Å². The Morgan fingerprint density at radius 2 is 2.04 bits per heavy atom. The molecule has 2 saturated heterocycles. The molecule has 0 spiro atoms. The summed E-state index contributed by atoms with van der Waals surface area (Å²) in [5.74, 6) is -0.219. The summed E-state index contributed by atoms with van der Waals surface area (Å²) in [5, 5.41) is 2.76. The number of amides is 1. The maximum absolute atomic E-state index is 12.8. The number of nitrogens with zero attached hydrogens (tertiary/aromatic N) is 2. The van der Waals surface area contributed by atoms with Crippen molar-refractivity contribution in [3.05, 3.63) is 24.3 Å². The van der Waals surface area contributed by atoms with Gasteiger partial charge in [0.25, 0.3) is 5.91 Å². The molecule has 1 atom stereocenters. The molecule has 7 nitrogen and oxygen atoms in total. The molecule has 8 heteroatoms. The van der Waals surface area contributed by atoms with E-state index in [0.29, 0.717) is 31.8 Å². The zero-order chi connectivity index (χ0) is 17.9. The highest BCUT2D eigenvalue weighted by molar-refractivity contribution is 7.89. The van der Waals surface area contributed by atoms with Gasteiger partial charge in [-0.25, -0.2) is 8.42 Å². The molecule has 138 valence electrons. The minimum absolute atomic E-state index is 0.211. The number of likely N-dealkylation sites (N-methyl/N-ethyl adjacent to an activating group) is 1. The summed E-state index contributed by atoms with van der Waals surface area (Å²) >= 11 is 0. The summed E-state index contributed by atoms with van der Waals surface area (Å²) in [6.45, 7) is 6.06. The number of anilines is 1. The minimum Gasteiger partial charge on any atom is -0.368 e. The SMILES string of the molecule is CCN1CCN(S(=O)(=O)c2cccc(NC(=O)C3CCCO3)c2)CC1. The zero-order valence-electron chi connectivity index (χ0n) is 14.5. The van der Waals surface area contributed by atoms with Crippen LogP contribution in [0.2, 0.25) is 0 Å². The van der Waals surface area contributed by atoms with Crippen molar-refractivity contribution >= 4 is 21.6 Å². The van der Waals surface area contributed by atoms with E-state index in [1.165, 1.54) is 10.4 Å². The lowest BCUT2D eigenvalue weighted by molar-refractivity contribution is -0.124. The molecule has 1 aromatic carbocycles. The summed E-state index contributed by atoms with van der Waals surface area (Å²) in [6, 6.07) is 6.44. The third-order valence-corrected chi connectivity index (χ3v) is 6.63. The molecule has 0 aromatic heterocycles. The quantitative estimate of drug-likeness (QED) is 0.844. The van der Waals surface area contributed by atoms with Crippen molar-refractivity contribution in [2.24, 2.45) is 0 Å². The van der Waals surface area contributed by atoms with Gasteiger partial charge in [0.2, 0.25) is 10.0 Å². The van der Waals surface area contributed by atoms with Gasteiger partial charge in [0.05, 0.1) is 4.90 Å². The van der Waals surface area contributed by atoms with Crippen LogP contribution >= 0.6 is 0 Å². The number of nitrogens with one attached hydrogen (secondary N) is 1. The molecule has 0 saturated carbocycles. The number of piperazine rings is 1. The highest BCUT2D eigenvalue weighted by Gasteiger charge is 2.29. The Morgan fingerprint density at radius 3 is 2.68 bits per heavy atom. The van der Waals surface area contributed by atoms with Gasteiger partial charge < -0.3 is 15.0 Å². The molecule has 2 aliphatic heterocycles. The van der Waals surface area contributed by atoms with Gasteiger partial charge in [0.1, 0.15) is 6.10 Å². The monoisotopic (exact) mass is 367 g/mol. The Labute approximate surface area is 149 Å². The van der Waals surface area contributed by atoms with Crippen LogP contribution in [0.25, 0.3) is 0 Å². The molecule has 0 bridgehead atoms. The van der Waals surface area contributed by atoms with E-state index in [1.807, 2.05) is 0 Å². The molecule has 1 amide bonds. The van der Waals surface area contributed by atoms with E-state index in [1.54, 1.807) is 18.2 Å². The van der Waals surface area contributed by atoms with Gasteiger partial charge in [-0.1, -0.05) is 13.0 Å². The largest absolute Gasteiger partial charge is 0.368 e. The molecule has 3 rings (SSSR count). The fourth-order valence-electron chi connectivity index (χ4n) is 3.18. The minimum atomic E-state index is -3.55. The molecule has 0 radical (unpaired) electrons. The van der Waals surface area contributed by atoms with Crippen LogP contribution in [0.15, 0.2) is 29.2 Å². The van der Waals surface area contributed by atoms with E-state index < -0.39 is 16.1 Å². The first-order valence-electron chi connectivity index (χ1n) is 8.76. The van der Waals surface area contributed by atoms with Crippen molar-refractivity contribution in [2.45, 2.75) is 30.8 Å².